The summed E-state index contributed by atoms with van der Waals surface area (Å²) in [5.41, 5.74) is 0.987. The van der Waals surface area contributed by atoms with Crippen molar-refractivity contribution in [2.24, 2.45) is 0 Å². The Labute approximate surface area is 167 Å². The van der Waals surface area contributed by atoms with Crippen molar-refractivity contribution in [1.82, 2.24) is 0 Å². The van der Waals surface area contributed by atoms with Crippen molar-refractivity contribution in [2.75, 3.05) is 17.7 Å². The first kappa shape index (κ1) is 19.6. The number of anilines is 1. The fraction of sp³-hybridized carbons (Fsp3) is 0.136. The lowest BCUT2D eigenvalue weighted by molar-refractivity contribution is -0.144. The Bertz CT molecular complexity index is 1030. The summed E-state index contributed by atoms with van der Waals surface area (Å²) < 4.78 is 5.02. The van der Waals surface area contributed by atoms with E-state index < -0.39 is 11.9 Å². The van der Waals surface area contributed by atoms with Gasteiger partial charge < -0.3 is 10.1 Å². The molecule has 3 aromatic carbocycles. The zero-order valence-electron chi connectivity index (χ0n) is 15.3. The Balaban J connectivity index is 1.46. The lowest BCUT2D eigenvalue weighted by Gasteiger charge is -2.08. The highest BCUT2D eigenvalue weighted by Crippen LogP contribution is 2.23. The zero-order valence-corrected chi connectivity index (χ0v) is 16.1. The smallest absolute Gasteiger partial charge is 0.316 e. The zero-order chi connectivity index (χ0) is 19.9. The molecule has 3 aromatic rings. The van der Waals surface area contributed by atoms with Gasteiger partial charge in [-0.05, 0) is 42.0 Å². The van der Waals surface area contributed by atoms with E-state index in [0.29, 0.717) is 11.3 Å². The van der Waals surface area contributed by atoms with Crippen LogP contribution in [0.15, 0.2) is 71.6 Å². The van der Waals surface area contributed by atoms with Gasteiger partial charge in [-0.2, -0.15) is 0 Å². The molecule has 0 aliphatic rings. The van der Waals surface area contributed by atoms with E-state index in [2.05, 4.69) is 5.32 Å². The van der Waals surface area contributed by atoms with Gasteiger partial charge in [0.2, 0.25) is 0 Å². The number of nitrogens with one attached hydrogen (secondary N) is 1. The molecule has 1 amide bonds. The van der Waals surface area contributed by atoms with Crippen molar-refractivity contribution >= 4 is 45.9 Å². The minimum atomic E-state index is -0.467. The summed E-state index contributed by atoms with van der Waals surface area (Å²) >= 11 is 1.36. The second kappa shape index (κ2) is 9.19. The van der Waals surface area contributed by atoms with Crippen molar-refractivity contribution in [3.63, 3.8) is 0 Å². The summed E-state index contributed by atoms with van der Waals surface area (Å²) in [5.74, 6) is -0.894. The van der Waals surface area contributed by atoms with Crippen molar-refractivity contribution in [2.45, 2.75) is 11.8 Å². The van der Waals surface area contributed by atoms with Gasteiger partial charge in [0.1, 0.15) is 0 Å². The maximum Gasteiger partial charge on any atom is 0.316 e. The molecule has 142 valence electrons. The molecular formula is C22H19NO4S. The van der Waals surface area contributed by atoms with Crippen LogP contribution in [-0.2, 0) is 14.3 Å². The minimum absolute atomic E-state index is 0.0896. The Morgan fingerprint density at radius 1 is 0.929 bits per heavy atom. The van der Waals surface area contributed by atoms with E-state index in [1.54, 1.807) is 24.3 Å². The van der Waals surface area contributed by atoms with Crippen LogP contribution in [0.25, 0.3) is 10.8 Å². The lowest BCUT2D eigenvalue weighted by atomic mass is 10.1. The molecule has 0 unspecified atom stereocenters. The minimum Gasteiger partial charge on any atom is -0.455 e. The molecule has 28 heavy (non-hydrogen) atoms. The molecule has 3 rings (SSSR count). The van der Waals surface area contributed by atoms with Gasteiger partial charge in [0.25, 0.3) is 5.91 Å². The first-order valence-corrected chi connectivity index (χ1v) is 9.68. The number of esters is 1. The van der Waals surface area contributed by atoms with Gasteiger partial charge in [0, 0.05) is 16.1 Å². The Morgan fingerprint density at radius 2 is 1.71 bits per heavy atom. The predicted octanol–water partition coefficient (Wildman–Crippen LogP) is 4.32. The highest BCUT2D eigenvalue weighted by atomic mass is 32.2. The van der Waals surface area contributed by atoms with Crippen molar-refractivity contribution in [1.29, 1.82) is 0 Å². The quantitative estimate of drug-likeness (QED) is 0.368. The van der Waals surface area contributed by atoms with E-state index in [4.69, 9.17) is 4.74 Å². The second-order valence-electron chi connectivity index (χ2n) is 6.14. The number of hydrogen-bond acceptors (Lipinski definition) is 5. The van der Waals surface area contributed by atoms with Gasteiger partial charge in [0.15, 0.2) is 12.4 Å². The van der Waals surface area contributed by atoms with E-state index in [-0.39, 0.29) is 18.1 Å². The van der Waals surface area contributed by atoms with Gasteiger partial charge in [-0.15, -0.1) is 11.8 Å². The number of carbonyl (C=O) groups is 3. The molecule has 0 saturated carbocycles. The van der Waals surface area contributed by atoms with Crippen LogP contribution in [-0.4, -0.2) is 30.0 Å². The molecule has 0 saturated heterocycles. The summed E-state index contributed by atoms with van der Waals surface area (Å²) in [5, 5.41) is 4.85. The van der Waals surface area contributed by atoms with Crippen molar-refractivity contribution < 1.29 is 19.1 Å². The third-order valence-electron chi connectivity index (χ3n) is 3.99. The highest BCUT2D eigenvalue weighted by Gasteiger charge is 2.10. The number of fused-ring (bicyclic) bond motifs is 1. The van der Waals surface area contributed by atoms with Crippen molar-refractivity contribution in [3.05, 3.63) is 72.3 Å². The van der Waals surface area contributed by atoms with Gasteiger partial charge in [-0.3, -0.25) is 14.4 Å². The van der Waals surface area contributed by atoms with Crippen LogP contribution >= 0.6 is 11.8 Å². The monoisotopic (exact) mass is 393 g/mol. The van der Waals surface area contributed by atoms with Crippen LogP contribution in [0, 0.1) is 0 Å². The Kier molecular flexibility index (Phi) is 6.45. The van der Waals surface area contributed by atoms with Crippen LogP contribution in [0.2, 0.25) is 0 Å². The summed E-state index contributed by atoms with van der Waals surface area (Å²) in [7, 11) is 0. The topological polar surface area (TPSA) is 72.5 Å². The van der Waals surface area contributed by atoms with Crippen LogP contribution in [0.4, 0.5) is 5.69 Å². The van der Waals surface area contributed by atoms with Gasteiger partial charge >= 0.3 is 5.97 Å². The largest absolute Gasteiger partial charge is 0.455 e. The van der Waals surface area contributed by atoms with Crippen LogP contribution in [0.5, 0.6) is 0 Å². The number of thioether (sulfide) groups is 1. The second-order valence-corrected chi connectivity index (χ2v) is 7.19. The molecule has 6 heteroatoms. The third-order valence-corrected chi connectivity index (χ3v) is 4.96. The van der Waals surface area contributed by atoms with E-state index in [0.717, 1.165) is 15.7 Å². The molecule has 0 aliphatic carbocycles. The van der Waals surface area contributed by atoms with Crippen LogP contribution in [0.1, 0.15) is 17.3 Å². The average Bonchev–Trinajstić information content (AvgIpc) is 2.70. The SMILES string of the molecule is CC(=O)c1cccc(NC(=O)COC(=O)CSc2ccc3ccccc3c2)c1. The Hall–Kier alpha value is -3.12. The lowest BCUT2D eigenvalue weighted by Crippen LogP contribution is -2.21. The molecule has 0 atom stereocenters. The molecule has 0 bridgehead atoms. The molecule has 0 aliphatic heterocycles. The van der Waals surface area contributed by atoms with Gasteiger partial charge in [-0.1, -0.05) is 42.5 Å². The van der Waals surface area contributed by atoms with Gasteiger partial charge in [0.05, 0.1) is 5.75 Å². The molecule has 1 N–H and O–H groups in total. The number of Topliss-reactive ketones (excluding diaryl/α,β-unsaturated/α-hetero) is 1. The van der Waals surface area contributed by atoms with Crippen LogP contribution in [0.3, 0.4) is 0 Å². The first-order chi connectivity index (χ1) is 13.5. The maximum absolute atomic E-state index is 11.9. The molecular weight excluding hydrogens is 374 g/mol. The molecule has 0 spiro atoms. The normalized spacial score (nSPS) is 10.5. The number of ketones is 1. The predicted molar refractivity (Wildman–Crippen MR) is 111 cm³/mol. The summed E-state index contributed by atoms with van der Waals surface area (Å²) in [6.45, 7) is 1.08. The highest BCUT2D eigenvalue weighted by molar-refractivity contribution is 8.00. The van der Waals surface area contributed by atoms with E-state index in [1.807, 2.05) is 42.5 Å². The molecule has 0 aromatic heterocycles. The van der Waals surface area contributed by atoms with Crippen LogP contribution < -0.4 is 5.32 Å². The van der Waals surface area contributed by atoms with E-state index in [9.17, 15) is 14.4 Å². The van der Waals surface area contributed by atoms with E-state index >= 15 is 0 Å². The molecule has 0 radical (unpaired) electrons. The van der Waals surface area contributed by atoms with Crippen molar-refractivity contribution in [3.8, 4) is 0 Å². The fourth-order valence-corrected chi connectivity index (χ4v) is 3.34. The number of benzene rings is 3. The molecule has 0 fully saturated rings. The molecule has 0 heterocycles. The third kappa shape index (κ3) is 5.44. The number of hydrogen-bond donors (Lipinski definition) is 1. The first-order valence-electron chi connectivity index (χ1n) is 8.69. The summed E-state index contributed by atoms with van der Waals surface area (Å²) in [4.78, 5) is 36.2. The molecule has 5 nitrogen and oxygen atoms in total. The van der Waals surface area contributed by atoms with E-state index in [1.165, 1.54) is 18.7 Å². The summed E-state index contributed by atoms with van der Waals surface area (Å²) in [6.07, 6.45) is 0. The number of carbonyl (C=O) groups excluding carboxylic acids is 3. The number of rotatable bonds is 7. The van der Waals surface area contributed by atoms with Gasteiger partial charge in [-0.25, -0.2) is 0 Å². The summed E-state index contributed by atoms with van der Waals surface area (Å²) in [6, 6.07) is 20.6. The number of ether oxygens (including phenoxy) is 1. The maximum atomic E-state index is 11.9. The fourth-order valence-electron chi connectivity index (χ4n) is 2.60. The standard InChI is InChI=1S/C22H19NO4S/c1-15(24)17-7-4-8-19(11-17)23-21(25)13-27-22(26)14-28-20-10-9-16-5-2-3-6-18(16)12-20/h2-12H,13-14H2,1H3,(H,23,25). The Morgan fingerprint density at radius 3 is 2.50 bits per heavy atom. The number of amides is 1. The average molecular weight is 393 g/mol.